The summed E-state index contributed by atoms with van der Waals surface area (Å²) in [6.07, 6.45) is 2.33. The van der Waals surface area contributed by atoms with Gasteiger partial charge in [0.2, 0.25) is 0 Å². The van der Waals surface area contributed by atoms with Gasteiger partial charge >= 0.3 is 0 Å². The highest BCUT2D eigenvalue weighted by molar-refractivity contribution is 6.07. The largest absolute Gasteiger partial charge is 0.368 e. The van der Waals surface area contributed by atoms with Crippen LogP contribution in [0.15, 0.2) is 40.9 Å². The van der Waals surface area contributed by atoms with E-state index in [-0.39, 0.29) is 5.78 Å². The number of amidine groups is 1. The number of Topliss-reactive ketones (excluding diaryl/α,β-unsaturated/α-hetero) is 1. The minimum absolute atomic E-state index is 0.160. The van der Waals surface area contributed by atoms with Gasteiger partial charge in [-0.2, -0.15) is 0 Å². The van der Waals surface area contributed by atoms with Crippen LogP contribution in [0.25, 0.3) is 0 Å². The van der Waals surface area contributed by atoms with Crippen molar-refractivity contribution in [1.29, 1.82) is 0 Å². The number of aliphatic imine (C=N–C) groups is 1. The molecule has 1 aliphatic heterocycles. The van der Waals surface area contributed by atoms with Crippen molar-refractivity contribution < 1.29 is 4.79 Å². The maximum Gasteiger partial charge on any atom is 0.165 e. The van der Waals surface area contributed by atoms with Crippen LogP contribution < -0.4 is 5.32 Å². The van der Waals surface area contributed by atoms with Crippen LogP contribution in [-0.2, 0) is 11.2 Å². The standard InChI is InChI=1S/C16H20N2O/c1-11(2)18-16-9-14(10-17-16)15(19)8-13-6-4-12(3)5-7-13/h4-7,9,11H,8,10H2,1-3H3,(H,17,18). The van der Waals surface area contributed by atoms with Crippen molar-refractivity contribution in [2.75, 3.05) is 6.54 Å². The van der Waals surface area contributed by atoms with E-state index in [1.807, 2.05) is 37.3 Å². The van der Waals surface area contributed by atoms with Gasteiger partial charge in [-0.25, -0.2) is 0 Å². The molecule has 0 fully saturated rings. The molecule has 0 bridgehead atoms. The smallest absolute Gasteiger partial charge is 0.165 e. The Morgan fingerprint density at radius 2 is 2.00 bits per heavy atom. The van der Waals surface area contributed by atoms with Gasteiger partial charge < -0.3 is 5.32 Å². The van der Waals surface area contributed by atoms with Crippen molar-refractivity contribution in [2.45, 2.75) is 33.2 Å². The van der Waals surface area contributed by atoms with E-state index in [9.17, 15) is 4.79 Å². The fraction of sp³-hybridized carbons (Fsp3) is 0.375. The molecule has 1 N–H and O–H groups in total. The van der Waals surface area contributed by atoms with Gasteiger partial charge in [0.05, 0.1) is 6.54 Å². The van der Waals surface area contributed by atoms with Crippen molar-refractivity contribution in [3.63, 3.8) is 0 Å². The van der Waals surface area contributed by atoms with Crippen molar-refractivity contribution >= 4 is 11.6 Å². The van der Waals surface area contributed by atoms with E-state index in [1.54, 1.807) is 0 Å². The summed E-state index contributed by atoms with van der Waals surface area (Å²) in [4.78, 5) is 16.5. The first-order chi connectivity index (χ1) is 9.04. The molecule has 1 aromatic carbocycles. The summed E-state index contributed by atoms with van der Waals surface area (Å²) in [7, 11) is 0. The molecule has 0 radical (unpaired) electrons. The molecule has 2 rings (SSSR count). The number of nitrogens with zero attached hydrogens (tertiary/aromatic N) is 1. The summed E-state index contributed by atoms with van der Waals surface area (Å²) in [6, 6.07) is 8.43. The first-order valence-corrected chi connectivity index (χ1v) is 6.65. The molecule has 100 valence electrons. The highest BCUT2D eigenvalue weighted by Gasteiger charge is 2.16. The molecule has 0 spiro atoms. The lowest BCUT2D eigenvalue weighted by Gasteiger charge is -2.06. The number of hydrogen-bond donors (Lipinski definition) is 1. The van der Waals surface area contributed by atoms with Gasteiger partial charge in [-0.3, -0.25) is 9.79 Å². The lowest BCUT2D eigenvalue weighted by molar-refractivity contribution is -0.114. The maximum atomic E-state index is 12.2. The number of ketones is 1. The number of benzene rings is 1. The summed E-state index contributed by atoms with van der Waals surface area (Å²) < 4.78 is 0. The quantitative estimate of drug-likeness (QED) is 0.899. The van der Waals surface area contributed by atoms with Crippen molar-refractivity contribution in [1.82, 2.24) is 5.32 Å². The molecule has 0 aliphatic carbocycles. The zero-order valence-electron chi connectivity index (χ0n) is 11.7. The van der Waals surface area contributed by atoms with Gasteiger partial charge in [0, 0.05) is 18.0 Å². The van der Waals surface area contributed by atoms with Gasteiger partial charge in [0.25, 0.3) is 0 Å². The highest BCUT2D eigenvalue weighted by Crippen LogP contribution is 2.11. The molecule has 0 atom stereocenters. The Kier molecular flexibility index (Phi) is 4.15. The fourth-order valence-electron chi connectivity index (χ4n) is 1.98. The summed E-state index contributed by atoms with van der Waals surface area (Å²) in [5.41, 5.74) is 3.06. The van der Waals surface area contributed by atoms with Crippen molar-refractivity contribution in [3.8, 4) is 0 Å². The molecule has 0 unspecified atom stereocenters. The molecule has 1 aromatic rings. The first-order valence-electron chi connectivity index (χ1n) is 6.65. The van der Waals surface area contributed by atoms with Gasteiger partial charge in [-0.05, 0) is 32.4 Å². The van der Waals surface area contributed by atoms with Crippen LogP contribution in [0.1, 0.15) is 25.0 Å². The van der Waals surface area contributed by atoms with Crippen molar-refractivity contribution in [3.05, 3.63) is 47.0 Å². The molecular formula is C16H20N2O. The molecule has 3 nitrogen and oxygen atoms in total. The summed E-state index contributed by atoms with van der Waals surface area (Å²) >= 11 is 0. The normalized spacial score (nSPS) is 14.3. The first kappa shape index (κ1) is 13.5. The average molecular weight is 256 g/mol. The van der Waals surface area contributed by atoms with Crippen LogP contribution in [0.5, 0.6) is 0 Å². The van der Waals surface area contributed by atoms with E-state index in [2.05, 4.69) is 24.2 Å². The second-order valence-corrected chi connectivity index (χ2v) is 5.26. The Morgan fingerprint density at radius 3 is 2.63 bits per heavy atom. The molecular weight excluding hydrogens is 236 g/mol. The summed E-state index contributed by atoms with van der Waals surface area (Å²) in [5, 5.41) is 3.22. The van der Waals surface area contributed by atoms with Gasteiger partial charge in [-0.15, -0.1) is 0 Å². The zero-order valence-corrected chi connectivity index (χ0v) is 11.7. The third-order valence-electron chi connectivity index (χ3n) is 3.01. The Balaban J connectivity index is 1.97. The second kappa shape index (κ2) is 5.83. The number of rotatable bonds is 4. The van der Waals surface area contributed by atoms with Crippen LogP contribution in [0, 0.1) is 6.92 Å². The van der Waals surface area contributed by atoms with E-state index in [4.69, 9.17) is 0 Å². The zero-order chi connectivity index (χ0) is 13.8. The Bertz CT molecular complexity index is 524. The maximum absolute atomic E-state index is 12.2. The van der Waals surface area contributed by atoms with E-state index in [0.29, 0.717) is 19.0 Å². The number of carbonyl (C=O) groups is 1. The SMILES string of the molecule is Cc1ccc(CC(=O)C2=CC(NC(C)C)=NC2)cc1. The van der Waals surface area contributed by atoms with Gasteiger partial charge in [0.15, 0.2) is 5.78 Å². The Labute approximate surface area is 114 Å². The number of hydrogen-bond acceptors (Lipinski definition) is 3. The minimum atomic E-state index is 0.160. The van der Waals surface area contributed by atoms with E-state index in [0.717, 1.165) is 17.0 Å². The van der Waals surface area contributed by atoms with E-state index >= 15 is 0 Å². The fourth-order valence-corrected chi connectivity index (χ4v) is 1.98. The lowest BCUT2D eigenvalue weighted by atomic mass is 10.0. The summed E-state index contributed by atoms with van der Waals surface area (Å²) in [6.45, 7) is 6.66. The van der Waals surface area contributed by atoms with Gasteiger partial charge in [0.1, 0.15) is 5.84 Å². The highest BCUT2D eigenvalue weighted by atomic mass is 16.1. The van der Waals surface area contributed by atoms with E-state index in [1.165, 1.54) is 5.56 Å². The molecule has 0 saturated carbocycles. The number of nitrogens with one attached hydrogen (secondary N) is 1. The predicted octanol–water partition coefficient (Wildman–Crippen LogP) is 2.44. The third kappa shape index (κ3) is 3.78. The van der Waals surface area contributed by atoms with E-state index < -0.39 is 0 Å². The van der Waals surface area contributed by atoms with Crippen LogP contribution in [0.2, 0.25) is 0 Å². The molecule has 0 amide bonds. The van der Waals surface area contributed by atoms with Crippen molar-refractivity contribution in [2.24, 2.45) is 4.99 Å². The lowest BCUT2D eigenvalue weighted by Crippen LogP contribution is -2.27. The molecule has 1 aliphatic rings. The third-order valence-corrected chi connectivity index (χ3v) is 3.01. The second-order valence-electron chi connectivity index (χ2n) is 5.26. The van der Waals surface area contributed by atoms with Crippen LogP contribution >= 0.6 is 0 Å². The predicted molar refractivity (Wildman–Crippen MR) is 78.5 cm³/mol. The number of carbonyl (C=O) groups excluding carboxylic acids is 1. The molecule has 0 saturated heterocycles. The Hall–Kier alpha value is -1.90. The topological polar surface area (TPSA) is 41.5 Å². The molecule has 0 aromatic heterocycles. The Morgan fingerprint density at radius 1 is 1.32 bits per heavy atom. The van der Waals surface area contributed by atoms with Crippen LogP contribution in [-0.4, -0.2) is 24.2 Å². The van der Waals surface area contributed by atoms with Crippen LogP contribution in [0.4, 0.5) is 0 Å². The molecule has 1 heterocycles. The minimum Gasteiger partial charge on any atom is -0.368 e. The monoisotopic (exact) mass is 256 g/mol. The number of aryl methyl sites for hydroxylation is 1. The van der Waals surface area contributed by atoms with Crippen LogP contribution in [0.3, 0.4) is 0 Å². The molecule has 3 heteroatoms. The average Bonchev–Trinajstić information content (AvgIpc) is 2.80. The summed E-state index contributed by atoms with van der Waals surface area (Å²) in [5.74, 6) is 0.982. The van der Waals surface area contributed by atoms with Gasteiger partial charge in [-0.1, -0.05) is 29.8 Å². The molecule has 19 heavy (non-hydrogen) atoms.